The maximum atomic E-state index is 12.2. The summed E-state index contributed by atoms with van der Waals surface area (Å²) < 4.78 is 22.8. The highest BCUT2D eigenvalue weighted by molar-refractivity contribution is 7.89. The zero-order valence-electron chi connectivity index (χ0n) is 14.6. The van der Waals surface area contributed by atoms with Crippen LogP contribution in [0.2, 0.25) is 0 Å². The van der Waals surface area contributed by atoms with E-state index in [1.54, 1.807) is 18.2 Å². The van der Waals surface area contributed by atoms with Crippen molar-refractivity contribution in [3.8, 4) is 0 Å². The first-order valence-electron chi connectivity index (χ1n) is 8.29. The highest BCUT2D eigenvalue weighted by atomic mass is 32.2. The summed E-state index contributed by atoms with van der Waals surface area (Å²) in [5.41, 5.74) is 0.291. The number of rotatable bonds is 5. The van der Waals surface area contributed by atoms with E-state index in [-0.39, 0.29) is 16.8 Å². The molecule has 0 saturated carbocycles. The standard InChI is InChI=1S/C16H18N6O5S/c17-28(26,27)13-4-1-3-11(9-13)18-16(23)19-12-7-8-21(10-12)14-5-2-6-15(20-14)22(24)25/h1-6,9,12H,7-8,10H2,(H2,17,26,27)(H2,18,19,23)/t12-/m1/s1. The van der Waals surface area contributed by atoms with E-state index in [9.17, 15) is 23.3 Å². The number of urea groups is 1. The van der Waals surface area contributed by atoms with E-state index in [1.165, 1.54) is 24.3 Å². The molecule has 1 saturated heterocycles. The minimum Gasteiger partial charge on any atom is -0.358 e. The third-order valence-electron chi connectivity index (χ3n) is 4.17. The largest absolute Gasteiger partial charge is 0.365 e. The van der Waals surface area contributed by atoms with Gasteiger partial charge in [-0.15, -0.1) is 0 Å². The van der Waals surface area contributed by atoms with Gasteiger partial charge in [0.25, 0.3) is 0 Å². The Labute approximate surface area is 160 Å². The molecule has 2 aromatic rings. The molecular formula is C16H18N6O5S. The molecule has 1 aromatic carbocycles. The van der Waals surface area contributed by atoms with Crippen molar-refractivity contribution in [2.75, 3.05) is 23.3 Å². The fourth-order valence-corrected chi connectivity index (χ4v) is 3.44. The lowest BCUT2D eigenvalue weighted by Gasteiger charge is -2.16. The molecule has 0 bridgehead atoms. The van der Waals surface area contributed by atoms with Gasteiger partial charge in [0, 0.05) is 37.0 Å². The molecule has 2 amide bonds. The Morgan fingerprint density at radius 3 is 2.75 bits per heavy atom. The average Bonchev–Trinajstić information content (AvgIpc) is 3.09. The topological polar surface area (TPSA) is 161 Å². The van der Waals surface area contributed by atoms with Crippen molar-refractivity contribution in [3.05, 3.63) is 52.6 Å². The zero-order chi connectivity index (χ0) is 20.3. The Morgan fingerprint density at radius 1 is 1.29 bits per heavy atom. The molecule has 4 N–H and O–H groups in total. The molecule has 0 spiro atoms. The predicted molar refractivity (Wildman–Crippen MR) is 101 cm³/mol. The van der Waals surface area contributed by atoms with Crippen LogP contribution in [0, 0.1) is 10.1 Å². The van der Waals surface area contributed by atoms with Crippen LogP contribution in [0.4, 0.5) is 22.1 Å². The fraction of sp³-hybridized carbons (Fsp3) is 0.250. The van der Waals surface area contributed by atoms with Crippen molar-refractivity contribution in [3.63, 3.8) is 0 Å². The Kier molecular flexibility index (Phi) is 5.42. The molecule has 12 heteroatoms. The molecular weight excluding hydrogens is 388 g/mol. The van der Waals surface area contributed by atoms with E-state index in [1.807, 2.05) is 4.90 Å². The van der Waals surface area contributed by atoms with Gasteiger partial charge in [-0.25, -0.2) is 18.4 Å². The quantitative estimate of drug-likeness (QED) is 0.494. The van der Waals surface area contributed by atoms with E-state index in [2.05, 4.69) is 15.6 Å². The molecule has 1 aliphatic rings. The van der Waals surface area contributed by atoms with Crippen molar-refractivity contribution in [1.29, 1.82) is 0 Å². The third-order valence-corrected chi connectivity index (χ3v) is 5.09. The van der Waals surface area contributed by atoms with Gasteiger partial charge >= 0.3 is 11.8 Å². The monoisotopic (exact) mass is 406 g/mol. The third kappa shape index (κ3) is 4.72. The molecule has 1 aromatic heterocycles. The lowest BCUT2D eigenvalue weighted by Crippen LogP contribution is -2.39. The van der Waals surface area contributed by atoms with Crippen molar-refractivity contribution >= 4 is 33.4 Å². The van der Waals surface area contributed by atoms with E-state index in [0.29, 0.717) is 31.0 Å². The number of pyridine rings is 1. The number of nitro groups is 1. The molecule has 11 nitrogen and oxygen atoms in total. The summed E-state index contributed by atoms with van der Waals surface area (Å²) in [7, 11) is -3.86. The van der Waals surface area contributed by atoms with Gasteiger partial charge in [-0.1, -0.05) is 6.07 Å². The number of amides is 2. The second-order valence-electron chi connectivity index (χ2n) is 6.21. The summed E-state index contributed by atoms with van der Waals surface area (Å²) in [4.78, 5) is 28.2. The van der Waals surface area contributed by atoms with Gasteiger partial charge in [0.2, 0.25) is 15.8 Å². The molecule has 3 rings (SSSR count). The summed E-state index contributed by atoms with van der Waals surface area (Å²) in [6, 6.07) is 9.48. The minimum absolute atomic E-state index is 0.103. The van der Waals surface area contributed by atoms with E-state index in [4.69, 9.17) is 5.14 Å². The number of nitrogens with one attached hydrogen (secondary N) is 2. The molecule has 148 valence electrons. The Hall–Kier alpha value is -3.25. The maximum Gasteiger partial charge on any atom is 0.365 e. The number of sulfonamides is 1. The van der Waals surface area contributed by atoms with Crippen LogP contribution in [-0.4, -0.2) is 43.5 Å². The first-order chi connectivity index (χ1) is 13.2. The van der Waals surface area contributed by atoms with E-state index in [0.717, 1.165) is 0 Å². The number of nitrogens with zero attached hydrogens (tertiary/aromatic N) is 3. The van der Waals surface area contributed by atoms with Gasteiger partial charge in [0.1, 0.15) is 0 Å². The molecule has 28 heavy (non-hydrogen) atoms. The Bertz CT molecular complexity index is 1010. The number of hydrogen-bond donors (Lipinski definition) is 3. The normalized spacial score (nSPS) is 16.6. The summed E-state index contributed by atoms with van der Waals surface area (Å²) in [5.74, 6) is 0.237. The number of carbonyl (C=O) groups is 1. The number of anilines is 2. The van der Waals surface area contributed by atoms with Gasteiger partial charge in [-0.2, -0.15) is 0 Å². The van der Waals surface area contributed by atoms with Crippen molar-refractivity contribution < 1.29 is 18.1 Å². The number of carbonyl (C=O) groups excluding carboxylic acids is 1. The van der Waals surface area contributed by atoms with Crippen LogP contribution in [0.15, 0.2) is 47.4 Å². The van der Waals surface area contributed by atoms with Crippen molar-refractivity contribution in [2.45, 2.75) is 17.4 Å². The van der Waals surface area contributed by atoms with Crippen LogP contribution in [0.3, 0.4) is 0 Å². The van der Waals surface area contributed by atoms with Crippen LogP contribution >= 0.6 is 0 Å². The second kappa shape index (κ2) is 7.78. The van der Waals surface area contributed by atoms with Gasteiger partial charge in [0.05, 0.1) is 4.90 Å². The molecule has 1 aliphatic heterocycles. The van der Waals surface area contributed by atoms with Gasteiger partial charge < -0.3 is 25.6 Å². The van der Waals surface area contributed by atoms with Crippen LogP contribution in [0.25, 0.3) is 0 Å². The smallest absolute Gasteiger partial charge is 0.358 e. The summed E-state index contributed by atoms with van der Waals surface area (Å²) in [6.45, 7) is 1.03. The van der Waals surface area contributed by atoms with Gasteiger partial charge in [0.15, 0.2) is 0 Å². The van der Waals surface area contributed by atoms with Crippen molar-refractivity contribution in [1.82, 2.24) is 10.3 Å². The summed E-state index contributed by atoms with van der Waals surface area (Å²) in [5, 5.41) is 21.3. The number of primary sulfonamides is 1. The summed E-state index contributed by atoms with van der Waals surface area (Å²) >= 11 is 0. The fourth-order valence-electron chi connectivity index (χ4n) is 2.88. The second-order valence-corrected chi connectivity index (χ2v) is 7.78. The van der Waals surface area contributed by atoms with Crippen LogP contribution in [-0.2, 0) is 10.0 Å². The van der Waals surface area contributed by atoms with Gasteiger partial charge in [-0.3, -0.25) is 0 Å². The number of benzene rings is 1. The van der Waals surface area contributed by atoms with Crippen molar-refractivity contribution in [2.24, 2.45) is 5.14 Å². The molecule has 0 unspecified atom stereocenters. The molecule has 0 aliphatic carbocycles. The average molecular weight is 406 g/mol. The number of aromatic nitrogens is 1. The highest BCUT2D eigenvalue weighted by Gasteiger charge is 2.27. The van der Waals surface area contributed by atoms with E-state index < -0.39 is 21.0 Å². The molecule has 1 fully saturated rings. The SMILES string of the molecule is NS(=O)(=O)c1cccc(NC(=O)N[C@@H]2CCN(c3cccc([N+](=O)[O-])n3)C2)c1. The van der Waals surface area contributed by atoms with E-state index >= 15 is 0 Å². The molecule has 1 atom stereocenters. The lowest BCUT2D eigenvalue weighted by molar-refractivity contribution is -0.389. The van der Waals surface area contributed by atoms with Crippen LogP contribution < -0.4 is 20.7 Å². The van der Waals surface area contributed by atoms with Crippen LogP contribution in [0.5, 0.6) is 0 Å². The lowest BCUT2D eigenvalue weighted by atomic mass is 10.3. The number of nitrogens with two attached hydrogens (primary N) is 1. The highest BCUT2D eigenvalue weighted by Crippen LogP contribution is 2.21. The summed E-state index contributed by atoms with van der Waals surface area (Å²) in [6.07, 6.45) is 0.634. The van der Waals surface area contributed by atoms with Gasteiger partial charge in [-0.05, 0) is 40.6 Å². The first-order valence-corrected chi connectivity index (χ1v) is 9.84. The molecule has 0 radical (unpaired) electrons. The first kappa shape index (κ1) is 19.5. The number of hydrogen-bond acceptors (Lipinski definition) is 7. The Balaban J connectivity index is 1.59. The zero-order valence-corrected chi connectivity index (χ0v) is 15.4. The minimum atomic E-state index is -3.86. The predicted octanol–water partition coefficient (Wildman–Crippen LogP) is 1.04. The van der Waals surface area contributed by atoms with Crippen LogP contribution in [0.1, 0.15) is 6.42 Å². The Morgan fingerprint density at radius 2 is 2.04 bits per heavy atom. The maximum absolute atomic E-state index is 12.2. The molecule has 2 heterocycles.